The molecule has 0 unspecified atom stereocenters. The smallest absolute Gasteiger partial charge is 0.244 e. The molecule has 24 heavy (non-hydrogen) atoms. The van der Waals surface area contributed by atoms with Crippen molar-refractivity contribution < 1.29 is 22.7 Å². The molecule has 0 spiro atoms. The fourth-order valence-corrected chi connectivity index (χ4v) is 3.92. The molecule has 0 aromatic heterocycles. The SMILES string of the molecule is COc1ccc(OC)c(S(=O)(=O)NCC(=O)NC2CCCCC2)c1. The number of ether oxygens (including phenoxy) is 2. The maximum absolute atomic E-state index is 12.5. The van der Waals surface area contributed by atoms with E-state index in [9.17, 15) is 13.2 Å². The fourth-order valence-electron chi connectivity index (χ4n) is 2.76. The highest BCUT2D eigenvalue weighted by Gasteiger charge is 2.22. The number of amides is 1. The normalized spacial score (nSPS) is 15.8. The standard InChI is InChI=1S/C16H24N2O5S/c1-22-13-8-9-14(23-2)15(10-13)24(20,21)17-11-16(19)18-12-6-4-3-5-7-12/h8-10,12,17H,3-7,11H2,1-2H3,(H,18,19). The Labute approximate surface area is 142 Å². The van der Waals surface area contributed by atoms with E-state index in [1.54, 1.807) is 6.07 Å². The number of carbonyl (C=O) groups excluding carboxylic acids is 1. The van der Waals surface area contributed by atoms with E-state index in [1.165, 1.54) is 32.8 Å². The molecule has 0 radical (unpaired) electrons. The minimum atomic E-state index is -3.89. The zero-order chi connectivity index (χ0) is 17.6. The highest BCUT2D eigenvalue weighted by atomic mass is 32.2. The van der Waals surface area contributed by atoms with E-state index >= 15 is 0 Å². The van der Waals surface area contributed by atoms with Crippen LogP contribution in [0.5, 0.6) is 11.5 Å². The topological polar surface area (TPSA) is 93.7 Å². The number of hydrogen-bond acceptors (Lipinski definition) is 5. The summed E-state index contributed by atoms with van der Waals surface area (Å²) in [6.45, 7) is -0.306. The summed E-state index contributed by atoms with van der Waals surface area (Å²) >= 11 is 0. The average Bonchev–Trinajstić information content (AvgIpc) is 2.60. The quantitative estimate of drug-likeness (QED) is 0.771. The van der Waals surface area contributed by atoms with Crippen LogP contribution in [0.25, 0.3) is 0 Å². The van der Waals surface area contributed by atoms with Gasteiger partial charge >= 0.3 is 0 Å². The summed E-state index contributed by atoms with van der Waals surface area (Å²) in [5, 5.41) is 2.87. The summed E-state index contributed by atoms with van der Waals surface area (Å²) in [7, 11) is -1.05. The van der Waals surface area contributed by atoms with Crippen LogP contribution in [0.2, 0.25) is 0 Å². The Balaban J connectivity index is 2.01. The second-order valence-corrected chi connectivity index (χ2v) is 7.48. The summed E-state index contributed by atoms with van der Waals surface area (Å²) in [6, 6.07) is 4.62. The summed E-state index contributed by atoms with van der Waals surface area (Å²) in [6.07, 6.45) is 5.27. The molecule has 0 saturated heterocycles. The van der Waals surface area contributed by atoms with Crippen LogP contribution in [-0.2, 0) is 14.8 Å². The second kappa shape index (κ2) is 8.34. The molecule has 2 N–H and O–H groups in total. The van der Waals surface area contributed by atoms with Gasteiger partial charge in [-0.25, -0.2) is 13.1 Å². The summed E-state index contributed by atoms with van der Waals surface area (Å²) < 4.78 is 37.3. The molecule has 1 aromatic rings. The lowest BCUT2D eigenvalue weighted by Crippen LogP contribution is -2.42. The van der Waals surface area contributed by atoms with Crippen LogP contribution in [0.15, 0.2) is 23.1 Å². The first kappa shape index (κ1) is 18.5. The lowest BCUT2D eigenvalue weighted by Gasteiger charge is -2.22. The van der Waals surface area contributed by atoms with E-state index in [0.29, 0.717) is 5.75 Å². The van der Waals surface area contributed by atoms with Gasteiger partial charge in [0.15, 0.2) is 0 Å². The van der Waals surface area contributed by atoms with Crippen LogP contribution in [0.1, 0.15) is 32.1 Å². The third-order valence-electron chi connectivity index (χ3n) is 4.05. The van der Waals surface area contributed by atoms with E-state index in [4.69, 9.17) is 9.47 Å². The van der Waals surface area contributed by atoms with Gasteiger partial charge in [-0.3, -0.25) is 4.79 Å². The molecule has 1 aromatic carbocycles. The minimum absolute atomic E-state index is 0.0604. The molecule has 2 rings (SSSR count). The van der Waals surface area contributed by atoms with Crippen molar-refractivity contribution in [2.45, 2.75) is 43.0 Å². The van der Waals surface area contributed by atoms with Crippen molar-refractivity contribution in [3.05, 3.63) is 18.2 Å². The molecular weight excluding hydrogens is 332 g/mol. The zero-order valence-corrected chi connectivity index (χ0v) is 14.8. The number of methoxy groups -OCH3 is 2. The molecule has 1 aliphatic carbocycles. The predicted octanol–water partition coefficient (Wildman–Crippen LogP) is 1.43. The molecule has 1 fully saturated rings. The molecule has 1 aliphatic rings. The first-order valence-electron chi connectivity index (χ1n) is 7.97. The first-order chi connectivity index (χ1) is 11.5. The summed E-state index contributed by atoms with van der Waals surface area (Å²) in [5.74, 6) is 0.256. The first-order valence-corrected chi connectivity index (χ1v) is 9.45. The van der Waals surface area contributed by atoms with Gasteiger partial charge in [0.05, 0.1) is 20.8 Å². The Morgan fingerprint density at radius 2 is 1.88 bits per heavy atom. The highest BCUT2D eigenvalue weighted by molar-refractivity contribution is 7.89. The van der Waals surface area contributed by atoms with Gasteiger partial charge in [-0.05, 0) is 25.0 Å². The maximum Gasteiger partial charge on any atom is 0.244 e. The Bertz CT molecular complexity index is 669. The number of sulfonamides is 1. The Hall–Kier alpha value is -1.80. The van der Waals surface area contributed by atoms with Crippen LogP contribution >= 0.6 is 0 Å². The molecule has 1 saturated carbocycles. The largest absolute Gasteiger partial charge is 0.497 e. The number of rotatable bonds is 7. The van der Waals surface area contributed by atoms with Gasteiger partial charge < -0.3 is 14.8 Å². The number of carbonyl (C=O) groups is 1. The third kappa shape index (κ3) is 4.85. The van der Waals surface area contributed by atoms with Crippen molar-refractivity contribution in [3.63, 3.8) is 0 Å². The van der Waals surface area contributed by atoms with Gasteiger partial charge in [0.1, 0.15) is 16.4 Å². The lowest BCUT2D eigenvalue weighted by atomic mass is 9.95. The van der Waals surface area contributed by atoms with Gasteiger partial charge in [0.25, 0.3) is 0 Å². The average molecular weight is 356 g/mol. The lowest BCUT2D eigenvalue weighted by molar-refractivity contribution is -0.120. The van der Waals surface area contributed by atoms with Crippen LogP contribution in [-0.4, -0.2) is 41.1 Å². The summed E-state index contributed by atoms with van der Waals surface area (Å²) in [5.41, 5.74) is 0. The Morgan fingerprint density at radius 3 is 2.50 bits per heavy atom. The molecule has 0 aliphatic heterocycles. The van der Waals surface area contributed by atoms with Crippen LogP contribution in [0, 0.1) is 0 Å². The monoisotopic (exact) mass is 356 g/mol. The zero-order valence-electron chi connectivity index (χ0n) is 14.0. The predicted molar refractivity (Wildman–Crippen MR) is 89.8 cm³/mol. The molecule has 1 amide bonds. The van der Waals surface area contributed by atoms with Gasteiger partial charge in [-0.1, -0.05) is 19.3 Å². The Morgan fingerprint density at radius 1 is 1.17 bits per heavy atom. The molecule has 134 valence electrons. The molecule has 7 nitrogen and oxygen atoms in total. The van der Waals surface area contributed by atoms with Gasteiger partial charge in [-0.15, -0.1) is 0 Å². The van der Waals surface area contributed by atoms with E-state index in [1.807, 2.05) is 0 Å². The van der Waals surface area contributed by atoms with E-state index in [-0.39, 0.29) is 29.1 Å². The highest BCUT2D eigenvalue weighted by Crippen LogP contribution is 2.27. The minimum Gasteiger partial charge on any atom is -0.497 e. The van der Waals surface area contributed by atoms with Gasteiger partial charge in [0, 0.05) is 12.1 Å². The van der Waals surface area contributed by atoms with Crippen molar-refractivity contribution >= 4 is 15.9 Å². The van der Waals surface area contributed by atoms with Crippen molar-refractivity contribution in [1.29, 1.82) is 0 Å². The van der Waals surface area contributed by atoms with E-state index < -0.39 is 10.0 Å². The third-order valence-corrected chi connectivity index (χ3v) is 5.48. The van der Waals surface area contributed by atoms with Crippen LogP contribution < -0.4 is 19.5 Å². The molecule has 8 heteroatoms. The molecule has 0 atom stereocenters. The van der Waals surface area contributed by atoms with E-state index in [0.717, 1.165) is 25.7 Å². The van der Waals surface area contributed by atoms with Crippen molar-refractivity contribution in [3.8, 4) is 11.5 Å². The van der Waals surface area contributed by atoms with Crippen LogP contribution in [0.4, 0.5) is 0 Å². The van der Waals surface area contributed by atoms with E-state index in [2.05, 4.69) is 10.0 Å². The van der Waals surface area contributed by atoms with Crippen molar-refractivity contribution in [2.75, 3.05) is 20.8 Å². The Kier molecular flexibility index (Phi) is 6.44. The second-order valence-electron chi connectivity index (χ2n) is 5.74. The van der Waals surface area contributed by atoms with Crippen LogP contribution in [0.3, 0.4) is 0 Å². The molecule has 0 heterocycles. The number of benzene rings is 1. The molecule has 0 bridgehead atoms. The van der Waals surface area contributed by atoms with Crippen molar-refractivity contribution in [2.24, 2.45) is 0 Å². The van der Waals surface area contributed by atoms with Gasteiger partial charge in [-0.2, -0.15) is 0 Å². The molecular formula is C16H24N2O5S. The summed E-state index contributed by atoms with van der Waals surface area (Å²) in [4.78, 5) is 11.9. The maximum atomic E-state index is 12.5. The number of hydrogen-bond donors (Lipinski definition) is 2. The van der Waals surface area contributed by atoms with Crippen molar-refractivity contribution in [1.82, 2.24) is 10.0 Å². The number of nitrogens with one attached hydrogen (secondary N) is 2. The fraction of sp³-hybridized carbons (Fsp3) is 0.562. The van der Waals surface area contributed by atoms with Gasteiger partial charge in [0.2, 0.25) is 15.9 Å².